The van der Waals surface area contributed by atoms with E-state index >= 15 is 0 Å². The Morgan fingerprint density at radius 2 is 1.59 bits per heavy atom. The minimum atomic E-state index is -1.03. The van der Waals surface area contributed by atoms with Gasteiger partial charge in [0.1, 0.15) is 0 Å². The Hall–Kier alpha value is -0.940. The van der Waals surface area contributed by atoms with Gasteiger partial charge in [-0.2, -0.15) is 0 Å². The average molecular weight is 239 g/mol. The van der Waals surface area contributed by atoms with Crippen LogP contribution in [0.3, 0.4) is 0 Å². The fourth-order valence-corrected chi connectivity index (χ4v) is 1.45. The monoisotopic (exact) mass is 239 g/mol. The highest BCUT2D eigenvalue weighted by molar-refractivity contribution is 5.21. The lowest BCUT2D eigenvalue weighted by Crippen LogP contribution is -2.53. The number of hydrogen-bond acceptors (Lipinski definition) is 4. The molecular weight excluding hydrogens is 218 g/mol. The Morgan fingerprint density at radius 1 is 1.06 bits per heavy atom. The van der Waals surface area contributed by atoms with E-state index in [4.69, 9.17) is 10.2 Å². The minimum Gasteiger partial charge on any atom is -0.394 e. The number of hydrogen-bond donors (Lipinski definition) is 4. The number of nitrogens with one attached hydrogen (secondary N) is 1. The minimum absolute atomic E-state index is 0.186. The van der Waals surface area contributed by atoms with E-state index in [0.717, 1.165) is 5.56 Å². The number of aliphatic hydroxyl groups excluding tert-OH is 2. The van der Waals surface area contributed by atoms with Crippen LogP contribution in [0, 0.1) is 0 Å². The van der Waals surface area contributed by atoms with Gasteiger partial charge in [-0.05, 0) is 19.4 Å². The first kappa shape index (κ1) is 14.1. The molecule has 0 amide bonds. The van der Waals surface area contributed by atoms with E-state index in [-0.39, 0.29) is 19.8 Å². The third-order valence-electron chi connectivity index (χ3n) is 2.95. The highest BCUT2D eigenvalue weighted by atomic mass is 16.3. The molecule has 0 spiro atoms. The second kappa shape index (κ2) is 5.60. The van der Waals surface area contributed by atoms with Gasteiger partial charge in [-0.1, -0.05) is 30.3 Å². The molecule has 0 aliphatic carbocycles. The highest BCUT2D eigenvalue weighted by Gasteiger charge is 2.28. The number of β-amino-alcohol motifs (C(OH)–C–C–N with tert-alkyl or cyclic N) is 1. The largest absolute Gasteiger partial charge is 0.394 e. The van der Waals surface area contributed by atoms with E-state index in [2.05, 4.69) is 5.32 Å². The van der Waals surface area contributed by atoms with Gasteiger partial charge in [-0.3, -0.25) is 0 Å². The van der Waals surface area contributed by atoms with Crippen LogP contribution in [0.15, 0.2) is 30.3 Å². The van der Waals surface area contributed by atoms with Gasteiger partial charge >= 0.3 is 0 Å². The lowest BCUT2D eigenvalue weighted by atomic mass is 9.94. The van der Waals surface area contributed by atoms with Crippen LogP contribution in [0.1, 0.15) is 19.4 Å². The van der Waals surface area contributed by atoms with Crippen molar-refractivity contribution in [2.45, 2.75) is 25.0 Å². The van der Waals surface area contributed by atoms with Crippen molar-refractivity contribution in [1.29, 1.82) is 0 Å². The smallest absolute Gasteiger partial charge is 0.0992 e. The highest BCUT2D eigenvalue weighted by Crippen LogP contribution is 2.20. The van der Waals surface area contributed by atoms with Crippen LogP contribution in [0.5, 0.6) is 0 Å². The van der Waals surface area contributed by atoms with Crippen molar-refractivity contribution in [3.8, 4) is 0 Å². The molecule has 1 unspecified atom stereocenters. The van der Waals surface area contributed by atoms with Gasteiger partial charge < -0.3 is 20.6 Å². The van der Waals surface area contributed by atoms with E-state index in [1.165, 1.54) is 0 Å². The summed E-state index contributed by atoms with van der Waals surface area (Å²) >= 11 is 0. The molecule has 0 aromatic heterocycles. The molecule has 4 heteroatoms. The van der Waals surface area contributed by atoms with Crippen LogP contribution in [0.25, 0.3) is 0 Å². The van der Waals surface area contributed by atoms with E-state index in [1.54, 1.807) is 13.8 Å². The first-order valence-electron chi connectivity index (χ1n) is 5.68. The van der Waals surface area contributed by atoms with E-state index < -0.39 is 11.1 Å². The third-order valence-corrected chi connectivity index (χ3v) is 2.95. The van der Waals surface area contributed by atoms with Crippen LogP contribution in [-0.2, 0) is 5.60 Å². The van der Waals surface area contributed by atoms with Gasteiger partial charge in [0.25, 0.3) is 0 Å². The molecule has 0 aliphatic heterocycles. The Kier molecular flexibility index (Phi) is 4.65. The maximum Gasteiger partial charge on any atom is 0.0992 e. The zero-order valence-electron chi connectivity index (χ0n) is 10.3. The second-order valence-electron chi connectivity index (χ2n) is 4.87. The molecule has 96 valence electrons. The molecule has 0 radical (unpaired) electrons. The zero-order valence-corrected chi connectivity index (χ0v) is 10.3. The summed E-state index contributed by atoms with van der Waals surface area (Å²) in [5.74, 6) is 0. The molecule has 17 heavy (non-hydrogen) atoms. The van der Waals surface area contributed by atoms with Gasteiger partial charge in [0.2, 0.25) is 0 Å². The standard InChI is InChI=1S/C13H21NO3/c1-12(9-15,10-16)14-8-13(2,17)11-6-4-3-5-7-11/h3-7,14-17H,8-10H2,1-2H3. The van der Waals surface area contributed by atoms with Crippen LogP contribution in [-0.4, -0.2) is 40.6 Å². The zero-order chi connectivity index (χ0) is 12.9. The van der Waals surface area contributed by atoms with Crippen molar-refractivity contribution < 1.29 is 15.3 Å². The summed E-state index contributed by atoms with van der Waals surface area (Å²) in [6.45, 7) is 3.29. The first-order chi connectivity index (χ1) is 7.93. The van der Waals surface area contributed by atoms with Crippen molar-refractivity contribution in [3.05, 3.63) is 35.9 Å². The summed E-state index contributed by atoms with van der Waals surface area (Å²) in [5, 5.41) is 31.6. The Bertz CT molecular complexity index is 334. The second-order valence-corrected chi connectivity index (χ2v) is 4.87. The van der Waals surface area contributed by atoms with Crippen molar-refractivity contribution in [3.63, 3.8) is 0 Å². The van der Waals surface area contributed by atoms with Gasteiger partial charge in [0.15, 0.2) is 0 Å². The normalized spacial score (nSPS) is 15.6. The maximum atomic E-state index is 10.3. The predicted octanol–water partition coefficient (Wildman–Crippen LogP) is 0.227. The summed E-state index contributed by atoms with van der Waals surface area (Å²) in [4.78, 5) is 0. The number of aliphatic hydroxyl groups is 3. The van der Waals surface area contributed by atoms with Crippen molar-refractivity contribution in [2.24, 2.45) is 0 Å². The third kappa shape index (κ3) is 3.78. The molecule has 1 aromatic carbocycles. The summed E-state index contributed by atoms with van der Waals surface area (Å²) in [6, 6.07) is 9.30. The van der Waals surface area contributed by atoms with Gasteiger partial charge in [-0.15, -0.1) is 0 Å². The molecular formula is C13H21NO3. The molecule has 4 nitrogen and oxygen atoms in total. The van der Waals surface area contributed by atoms with Crippen molar-refractivity contribution in [2.75, 3.05) is 19.8 Å². The van der Waals surface area contributed by atoms with Crippen LogP contribution in [0.4, 0.5) is 0 Å². The summed E-state index contributed by atoms with van der Waals surface area (Å²) in [7, 11) is 0. The van der Waals surface area contributed by atoms with Crippen molar-refractivity contribution in [1.82, 2.24) is 5.32 Å². The average Bonchev–Trinajstić information content (AvgIpc) is 2.37. The number of rotatable bonds is 6. The lowest BCUT2D eigenvalue weighted by molar-refractivity contribution is 0.0299. The maximum absolute atomic E-state index is 10.3. The Morgan fingerprint density at radius 3 is 2.06 bits per heavy atom. The van der Waals surface area contributed by atoms with E-state index in [1.807, 2.05) is 30.3 Å². The number of benzene rings is 1. The summed E-state index contributed by atoms with van der Waals surface area (Å²) in [5.41, 5.74) is -1.02. The molecule has 0 fully saturated rings. The Balaban J connectivity index is 2.68. The van der Waals surface area contributed by atoms with Gasteiger partial charge in [0, 0.05) is 6.54 Å². The van der Waals surface area contributed by atoms with Crippen molar-refractivity contribution >= 4 is 0 Å². The fourth-order valence-electron chi connectivity index (χ4n) is 1.45. The fraction of sp³-hybridized carbons (Fsp3) is 0.538. The topological polar surface area (TPSA) is 72.7 Å². The van der Waals surface area contributed by atoms with Crippen LogP contribution >= 0.6 is 0 Å². The molecule has 1 rings (SSSR count). The Labute approximate surface area is 102 Å². The SMILES string of the molecule is CC(CO)(CO)NCC(C)(O)c1ccccc1. The molecule has 1 atom stereocenters. The molecule has 0 saturated carbocycles. The molecule has 0 bridgehead atoms. The molecule has 0 heterocycles. The van der Waals surface area contributed by atoms with Gasteiger partial charge in [0.05, 0.1) is 24.4 Å². The molecule has 1 aromatic rings. The van der Waals surface area contributed by atoms with Crippen LogP contribution < -0.4 is 5.32 Å². The van der Waals surface area contributed by atoms with E-state index in [0.29, 0.717) is 0 Å². The van der Waals surface area contributed by atoms with Crippen LogP contribution in [0.2, 0.25) is 0 Å². The quantitative estimate of drug-likeness (QED) is 0.573. The molecule has 4 N–H and O–H groups in total. The first-order valence-corrected chi connectivity index (χ1v) is 5.68. The lowest BCUT2D eigenvalue weighted by Gasteiger charge is -2.32. The predicted molar refractivity (Wildman–Crippen MR) is 66.6 cm³/mol. The summed E-state index contributed by atoms with van der Waals surface area (Å²) < 4.78 is 0. The van der Waals surface area contributed by atoms with Gasteiger partial charge in [-0.25, -0.2) is 0 Å². The molecule has 0 aliphatic rings. The summed E-state index contributed by atoms with van der Waals surface area (Å²) in [6.07, 6.45) is 0. The molecule has 0 saturated heterocycles. The van der Waals surface area contributed by atoms with E-state index in [9.17, 15) is 5.11 Å².